The third-order valence-electron chi connectivity index (χ3n) is 1.99. The highest BCUT2D eigenvalue weighted by atomic mass is 35.5. The maximum absolute atomic E-state index is 5.69. The van der Waals surface area contributed by atoms with E-state index in [1.807, 2.05) is 6.07 Å². The monoisotopic (exact) mass is 229 g/mol. The van der Waals surface area contributed by atoms with Crippen LogP contribution in [0.5, 0.6) is 0 Å². The lowest BCUT2D eigenvalue weighted by Crippen LogP contribution is -2.31. The molecule has 1 atom stereocenters. The number of rotatable bonds is 6. The maximum atomic E-state index is 5.69. The molecule has 1 unspecified atom stereocenters. The average molecular weight is 230 g/mol. The number of nitrogens with zero attached hydrogens (tertiary/aromatic N) is 1. The molecule has 0 radical (unpaired) electrons. The number of halogens is 1. The van der Waals surface area contributed by atoms with Crippen molar-refractivity contribution >= 4 is 11.6 Å². The summed E-state index contributed by atoms with van der Waals surface area (Å²) >= 11 is 5.69. The zero-order valence-corrected chi connectivity index (χ0v) is 9.50. The van der Waals surface area contributed by atoms with Crippen molar-refractivity contribution in [1.29, 1.82) is 0 Å². The minimum Gasteiger partial charge on any atom is -0.379 e. The molecule has 1 aromatic rings. The third-order valence-corrected chi connectivity index (χ3v) is 2.21. The molecule has 0 aromatic carbocycles. The summed E-state index contributed by atoms with van der Waals surface area (Å²) < 4.78 is 5.42. The van der Waals surface area contributed by atoms with Crippen molar-refractivity contribution in [3.63, 3.8) is 0 Å². The van der Waals surface area contributed by atoms with Gasteiger partial charge in [0.15, 0.2) is 0 Å². The first-order valence-electron chi connectivity index (χ1n) is 4.93. The molecule has 0 bridgehead atoms. The lowest BCUT2D eigenvalue weighted by Gasteiger charge is -2.15. The molecule has 0 aliphatic rings. The molecule has 0 aliphatic heterocycles. The molecule has 0 spiro atoms. The van der Waals surface area contributed by atoms with Gasteiger partial charge >= 0.3 is 0 Å². The smallest absolute Gasteiger partial charge is 0.129 e. The van der Waals surface area contributed by atoms with E-state index in [9.17, 15) is 0 Å². The highest BCUT2D eigenvalue weighted by Crippen LogP contribution is 2.13. The van der Waals surface area contributed by atoms with Crippen molar-refractivity contribution in [3.05, 3.63) is 29.0 Å². The summed E-state index contributed by atoms with van der Waals surface area (Å²) in [6, 6.07) is 3.58. The van der Waals surface area contributed by atoms with Gasteiger partial charge in [-0.2, -0.15) is 0 Å². The molecule has 0 saturated heterocycles. The van der Waals surface area contributed by atoms with Gasteiger partial charge in [-0.3, -0.25) is 11.3 Å². The molecule has 5 heteroatoms. The van der Waals surface area contributed by atoms with Crippen LogP contribution in [0.2, 0.25) is 5.15 Å². The molecular formula is C10H16ClN3O. The predicted octanol–water partition coefficient (Wildman–Crippen LogP) is 1.67. The van der Waals surface area contributed by atoms with Gasteiger partial charge in [-0.15, -0.1) is 0 Å². The van der Waals surface area contributed by atoms with Gasteiger partial charge in [0.2, 0.25) is 0 Å². The Labute approximate surface area is 94.8 Å². The van der Waals surface area contributed by atoms with Crippen LogP contribution in [0.4, 0.5) is 0 Å². The quantitative estimate of drug-likeness (QED) is 0.337. The Morgan fingerprint density at radius 1 is 1.60 bits per heavy atom. The van der Waals surface area contributed by atoms with Crippen molar-refractivity contribution in [1.82, 2.24) is 10.4 Å². The summed E-state index contributed by atoms with van der Waals surface area (Å²) in [5, 5.41) is 0.476. The van der Waals surface area contributed by atoms with Crippen LogP contribution in [0.15, 0.2) is 18.3 Å². The normalized spacial score (nSPS) is 12.7. The van der Waals surface area contributed by atoms with Gasteiger partial charge in [0.1, 0.15) is 5.15 Å². The number of hydrazine groups is 1. The Hall–Kier alpha value is -0.680. The molecule has 0 saturated carbocycles. The van der Waals surface area contributed by atoms with E-state index in [0.29, 0.717) is 11.8 Å². The van der Waals surface area contributed by atoms with E-state index in [-0.39, 0.29) is 6.04 Å². The summed E-state index contributed by atoms with van der Waals surface area (Å²) in [7, 11) is 0. The van der Waals surface area contributed by atoms with Crippen LogP contribution in [-0.4, -0.2) is 18.2 Å². The minimum atomic E-state index is -0.0404. The van der Waals surface area contributed by atoms with E-state index in [1.54, 1.807) is 12.3 Å². The summed E-state index contributed by atoms with van der Waals surface area (Å²) in [5.41, 5.74) is 3.66. The third kappa shape index (κ3) is 4.13. The first-order valence-corrected chi connectivity index (χ1v) is 5.31. The van der Waals surface area contributed by atoms with Gasteiger partial charge in [-0.05, 0) is 18.1 Å². The summed E-state index contributed by atoms with van der Waals surface area (Å²) in [4.78, 5) is 3.99. The molecular weight excluding hydrogens is 214 g/mol. The van der Waals surface area contributed by atoms with Gasteiger partial charge < -0.3 is 4.74 Å². The number of pyridine rings is 1. The molecule has 0 amide bonds. The van der Waals surface area contributed by atoms with E-state index in [1.165, 1.54) is 0 Å². The summed E-state index contributed by atoms with van der Waals surface area (Å²) in [5.74, 6) is 5.43. The maximum Gasteiger partial charge on any atom is 0.129 e. The Balaban J connectivity index is 2.53. The highest BCUT2D eigenvalue weighted by molar-refractivity contribution is 6.29. The van der Waals surface area contributed by atoms with E-state index in [0.717, 1.165) is 18.6 Å². The summed E-state index contributed by atoms with van der Waals surface area (Å²) in [6.07, 6.45) is 2.69. The van der Waals surface area contributed by atoms with Crippen molar-refractivity contribution in [3.8, 4) is 0 Å². The van der Waals surface area contributed by atoms with Crippen LogP contribution >= 0.6 is 11.6 Å². The molecule has 0 aliphatic carbocycles. The van der Waals surface area contributed by atoms with Crippen LogP contribution in [0.25, 0.3) is 0 Å². The number of ether oxygens (including phenoxy) is 1. The lowest BCUT2D eigenvalue weighted by molar-refractivity contribution is 0.112. The van der Waals surface area contributed by atoms with Gasteiger partial charge in [-0.1, -0.05) is 24.6 Å². The van der Waals surface area contributed by atoms with Crippen molar-refractivity contribution in [2.45, 2.75) is 19.4 Å². The molecule has 1 rings (SSSR count). The van der Waals surface area contributed by atoms with Crippen molar-refractivity contribution < 1.29 is 4.74 Å². The Kier molecular flexibility index (Phi) is 5.57. The number of nitrogens with two attached hydrogens (primary N) is 1. The predicted molar refractivity (Wildman–Crippen MR) is 60.4 cm³/mol. The van der Waals surface area contributed by atoms with E-state index >= 15 is 0 Å². The molecule has 0 fully saturated rings. The highest BCUT2D eigenvalue weighted by Gasteiger charge is 2.09. The first-order chi connectivity index (χ1) is 7.27. The number of nitrogens with one attached hydrogen (secondary N) is 1. The van der Waals surface area contributed by atoms with Crippen molar-refractivity contribution in [2.75, 3.05) is 13.2 Å². The minimum absolute atomic E-state index is 0.0404. The second kappa shape index (κ2) is 6.74. The zero-order valence-electron chi connectivity index (χ0n) is 8.74. The largest absolute Gasteiger partial charge is 0.379 e. The average Bonchev–Trinajstić information content (AvgIpc) is 2.26. The van der Waals surface area contributed by atoms with Crippen LogP contribution in [0.3, 0.4) is 0 Å². The van der Waals surface area contributed by atoms with E-state index < -0.39 is 0 Å². The molecule has 1 aromatic heterocycles. The topological polar surface area (TPSA) is 60.2 Å². The van der Waals surface area contributed by atoms with Crippen molar-refractivity contribution in [2.24, 2.45) is 5.84 Å². The molecule has 15 heavy (non-hydrogen) atoms. The fraction of sp³-hybridized carbons (Fsp3) is 0.500. The fourth-order valence-electron chi connectivity index (χ4n) is 1.18. The molecule has 1 heterocycles. The van der Waals surface area contributed by atoms with E-state index in [2.05, 4.69) is 17.3 Å². The first kappa shape index (κ1) is 12.4. The molecule has 84 valence electrons. The van der Waals surface area contributed by atoms with E-state index in [4.69, 9.17) is 22.2 Å². The Morgan fingerprint density at radius 3 is 2.93 bits per heavy atom. The second-order valence-electron chi connectivity index (χ2n) is 3.21. The summed E-state index contributed by atoms with van der Waals surface area (Å²) in [6.45, 7) is 3.33. The molecule has 3 N–H and O–H groups in total. The number of hydrogen-bond acceptors (Lipinski definition) is 4. The molecule has 4 nitrogen and oxygen atoms in total. The fourth-order valence-corrected chi connectivity index (χ4v) is 1.29. The standard InChI is InChI=1S/C10H16ClN3O/c1-2-5-15-7-9(14-12)8-3-4-10(11)13-6-8/h3-4,6,9,14H,2,5,7,12H2,1H3. The van der Waals surface area contributed by atoms with Crippen LogP contribution in [0, 0.1) is 0 Å². The lowest BCUT2D eigenvalue weighted by atomic mass is 10.1. The SMILES string of the molecule is CCCOCC(NN)c1ccc(Cl)nc1. The van der Waals surface area contributed by atoms with Crippen LogP contribution < -0.4 is 11.3 Å². The zero-order chi connectivity index (χ0) is 11.1. The second-order valence-corrected chi connectivity index (χ2v) is 3.60. The number of aromatic nitrogens is 1. The van der Waals surface area contributed by atoms with Gasteiger partial charge in [0, 0.05) is 12.8 Å². The van der Waals surface area contributed by atoms with Gasteiger partial charge in [-0.25, -0.2) is 4.98 Å². The van der Waals surface area contributed by atoms with Gasteiger partial charge in [0.25, 0.3) is 0 Å². The van der Waals surface area contributed by atoms with Crippen LogP contribution in [0.1, 0.15) is 24.9 Å². The van der Waals surface area contributed by atoms with Crippen LogP contribution in [-0.2, 0) is 4.74 Å². The Morgan fingerprint density at radius 2 is 2.40 bits per heavy atom. The Bertz CT molecular complexity index is 279. The van der Waals surface area contributed by atoms with Gasteiger partial charge in [0.05, 0.1) is 12.6 Å². The number of hydrogen-bond donors (Lipinski definition) is 2.